The van der Waals surface area contributed by atoms with Gasteiger partial charge in [0.15, 0.2) is 5.82 Å². The normalized spacial score (nSPS) is 10.6. The number of hydrogen-bond acceptors (Lipinski definition) is 8. The fourth-order valence-electron chi connectivity index (χ4n) is 2.84. The van der Waals surface area contributed by atoms with E-state index in [0.717, 1.165) is 22.8 Å². The van der Waals surface area contributed by atoms with Gasteiger partial charge in [-0.05, 0) is 38.1 Å². The summed E-state index contributed by atoms with van der Waals surface area (Å²) in [7, 11) is 3.61. The van der Waals surface area contributed by atoms with Crippen molar-refractivity contribution in [3.8, 4) is 5.75 Å². The number of methoxy groups -OCH3 is 1. The minimum atomic E-state index is -0.596. The molecule has 2 aromatic heterocycles. The molecule has 3 rings (SSSR count). The molecule has 152 valence electrons. The summed E-state index contributed by atoms with van der Waals surface area (Å²) in [5, 5.41) is 2.53. The molecule has 0 aliphatic rings. The van der Waals surface area contributed by atoms with Gasteiger partial charge in [-0.3, -0.25) is 5.32 Å². The van der Waals surface area contributed by atoms with Gasteiger partial charge in [-0.15, -0.1) is 0 Å². The fraction of sp³-hybridized carbons (Fsp3) is 0.300. The van der Waals surface area contributed by atoms with Crippen molar-refractivity contribution >= 4 is 34.4 Å². The molecule has 0 saturated heterocycles. The molecule has 0 spiro atoms. The van der Waals surface area contributed by atoms with E-state index in [4.69, 9.17) is 15.2 Å². The summed E-state index contributed by atoms with van der Waals surface area (Å²) >= 11 is 0. The van der Waals surface area contributed by atoms with Gasteiger partial charge in [0.2, 0.25) is 0 Å². The first-order chi connectivity index (χ1) is 13.9. The number of rotatable bonds is 6. The molecule has 9 nitrogen and oxygen atoms in total. The Hall–Kier alpha value is -3.62. The minimum absolute atomic E-state index is 0.190. The van der Waals surface area contributed by atoms with Crippen LogP contribution in [0.4, 0.5) is 22.1 Å². The molecule has 3 N–H and O–H groups in total. The third kappa shape index (κ3) is 4.63. The highest BCUT2D eigenvalue weighted by Crippen LogP contribution is 2.24. The second-order valence-electron chi connectivity index (χ2n) is 6.42. The number of aromatic nitrogens is 3. The summed E-state index contributed by atoms with van der Waals surface area (Å²) in [6.07, 6.45) is -0.596. The van der Waals surface area contributed by atoms with Crippen LogP contribution < -0.4 is 20.7 Å². The summed E-state index contributed by atoms with van der Waals surface area (Å²) in [4.78, 5) is 27.1. The maximum absolute atomic E-state index is 11.6. The van der Waals surface area contributed by atoms with Gasteiger partial charge in [0.1, 0.15) is 17.1 Å². The van der Waals surface area contributed by atoms with Crippen molar-refractivity contribution in [1.29, 1.82) is 0 Å². The monoisotopic (exact) mass is 396 g/mol. The van der Waals surface area contributed by atoms with Crippen molar-refractivity contribution in [3.05, 3.63) is 41.7 Å². The highest BCUT2D eigenvalue weighted by molar-refractivity contribution is 5.91. The maximum Gasteiger partial charge on any atom is 0.412 e. The smallest absolute Gasteiger partial charge is 0.412 e. The van der Waals surface area contributed by atoms with E-state index >= 15 is 0 Å². The van der Waals surface area contributed by atoms with Crippen LogP contribution in [0.15, 0.2) is 30.3 Å². The van der Waals surface area contributed by atoms with E-state index in [9.17, 15) is 4.79 Å². The Morgan fingerprint density at radius 2 is 1.93 bits per heavy atom. The molecular formula is C20H24N6O3. The first-order valence-electron chi connectivity index (χ1n) is 9.14. The molecule has 0 bridgehead atoms. The molecule has 29 heavy (non-hydrogen) atoms. The molecule has 0 aliphatic carbocycles. The molecule has 0 unspecified atom stereocenters. The topological polar surface area (TPSA) is 115 Å². The van der Waals surface area contributed by atoms with Crippen LogP contribution in [0.5, 0.6) is 5.75 Å². The summed E-state index contributed by atoms with van der Waals surface area (Å²) in [6.45, 7) is 4.42. The lowest BCUT2D eigenvalue weighted by Crippen LogP contribution is -2.19. The van der Waals surface area contributed by atoms with Gasteiger partial charge in [0.05, 0.1) is 37.2 Å². The van der Waals surface area contributed by atoms with Gasteiger partial charge >= 0.3 is 6.09 Å². The fourth-order valence-corrected chi connectivity index (χ4v) is 2.84. The quantitative estimate of drug-likeness (QED) is 0.653. The van der Waals surface area contributed by atoms with Crippen molar-refractivity contribution in [3.63, 3.8) is 0 Å². The number of nitrogens with two attached hydrogens (primary N) is 1. The molecule has 2 heterocycles. The van der Waals surface area contributed by atoms with Crippen molar-refractivity contribution in [1.82, 2.24) is 15.0 Å². The number of carbonyl (C=O) groups excluding carboxylic acids is 1. The number of amides is 1. The number of nitrogens with one attached hydrogen (secondary N) is 1. The van der Waals surface area contributed by atoms with Crippen LogP contribution in [0, 0.1) is 6.92 Å². The summed E-state index contributed by atoms with van der Waals surface area (Å²) in [5.74, 6) is 1.26. The van der Waals surface area contributed by atoms with Crippen molar-refractivity contribution in [2.45, 2.75) is 20.4 Å². The molecule has 0 saturated carbocycles. The molecule has 0 atom stereocenters. The highest BCUT2D eigenvalue weighted by Gasteiger charge is 2.14. The average molecular weight is 396 g/mol. The van der Waals surface area contributed by atoms with E-state index in [1.807, 2.05) is 38.2 Å². The Bertz CT molecular complexity index is 1020. The molecule has 0 radical (unpaired) electrons. The predicted molar refractivity (Wildman–Crippen MR) is 112 cm³/mol. The zero-order valence-corrected chi connectivity index (χ0v) is 16.9. The number of carbonyl (C=O) groups is 1. The van der Waals surface area contributed by atoms with Crippen LogP contribution >= 0.6 is 0 Å². The van der Waals surface area contributed by atoms with Crippen LogP contribution in [0.3, 0.4) is 0 Å². The third-order valence-corrected chi connectivity index (χ3v) is 4.36. The number of ether oxygens (including phenoxy) is 2. The van der Waals surface area contributed by atoms with E-state index in [-0.39, 0.29) is 18.2 Å². The number of hydrogen-bond donors (Lipinski definition) is 2. The Kier molecular flexibility index (Phi) is 5.96. The minimum Gasteiger partial charge on any atom is -0.497 e. The standard InChI is InChI=1S/C20H24N6O3/c1-5-29-20(27)25-17-10-15-18(19(21)24-17)23-16(12(2)22-15)11-26(3)13-6-8-14(28-4)9-7-13/h6-10H,5,11H2,1-4H3,(H3,21,24,25,27). The van der Waals surface area contributed by atoms with Crippen LogP contribution in [0.25, 0.3) is 11.0 Å². The van der Waals surface area contributed by atoms with Crippen LogP contribution in [0.1, 0.15) is 18.3 Å². The van der Waals surface area contributed by atoms with Gasteiger partial charge in [0.25, 0.3) is 0 Å². The van der Waals surface area contributed by atoms with Crippen molar-refractivity contribution < 1.29 is 14.3 Å². The Balaban J connectivity index is 1.86. The van der Waals surface area contributed by atoms with E-state index in [0.29, 0.717) is 17.6 Å². The van der Waals surface area contributed by atoms with Crippen molar-refractivity contribution in [2.24, 2.45) is 0 Å². The first-order valence-corrected chi connectivity index (χ1v) is 9.14. The molecule has 0 fully saturated rings. The lowest BCUT2D eigenvalue weighted by atomic mass is 10.2. The molecule has 1 aromatic carbocycles. The van der Waals surface area contributed by atoms with Crippen LogP contribution in [0.2, 0.25) is 0 Å². The Morgan fingerprint density at radius 1 is 1.21 bits per heavy atom. The van der Waals surface area contributed by atoms with Crippen molar-refractivity contribution in [2.75, 3.05) is 36.7 Å². The van der Waals surface area contributed by atoms with Gasteiger partial charge < -0.3 is 20.1 Å². The lowest BCUT2D eigenvalue weighted by Gasteiger charge is -2.20. The number of nitrogens with zero attached hydrogens (tertiary/aromatic N) is 4. The summed E-state index contributed by atoms with van der Waals surface area (Å²) in [5.41, 5.74) is 9.69. The van der Waals surface area contributed by atoms with E-state index in [1.54, 1.807) is 20.1 Å². The second kappa shape index (κ2) is 8.59. The average Bonchev–Trinajstić information content (AvgIpc) is 2.69. The SMILES string of the molecule is CCOC(=O)Nc1cc2nc(C)c(CN(C)c3ccc(OC)cc3)nc2c(N)n1. The zero-order valence-electron chi connectivity index (χ0n) is 16.9. The molecule has 0 aliphatic heterocycles. The maximum atomic E-state index is 11.6. The van der Waals surface area contributed by atoms with Gasteiger partial charge in [-0.2, -0.15) is 0 Å². The number of fused-ring (bicyclic) bond motifs is 1. The third-order valence-electron chi connectivity index (χ3n) is 4.36. The van der Waals surface area contributed by atoms with E-state index in [2.05, 4.69) is 25.2 Å². The highest BCUT2D eigenvalue weighted by atomic mass is 16.5. The lowest BCUT2D eigenvalue weighted by molar-refractivity contribution is 0.168. The van der Waals surface area contributed by atoms with Gasteiger partial charge in [-0.25, -0.2) is 19.7 Å². The predicted octanol–water partition coefficient (Wildman–Crippen LogP) is 3.13. The molecule has 3 aromatic rings. The van der Waals surface area contributed by atoms with Gasteiger partial charge in [-0.1, -0.05) is 0 Å². The molecule has 9 heteroatoms. The van der Waals surface area contributed by atoms with E-state index in [1.165, 1.54) is 0 Å². The number of pyridine rings is 1. The second-order valence-corrected chi connectivity index (χ2v) is 6.42. The summed E-state index contributed by atoms with van der Waals surface area (Å²) in [6, 6.07) is 9.40. The molecule has 1 amide bonds. The largest absolute Gasteiger partial charge is 0.497 e. The van der Waals surface area contributed by atoms with Crippen LogP contribution in [-0.4, -0.2) is 41.8 Å². The van der Waals surface area contributed by atoms with Crippen LogP contribution in [-0.2, 0) is 11.3 Å². The first kappa shape index (κ1) is 20.1. The number of nitrogen functional groups attached to an aromatic ring is 1. The Morgan fingerprint density at radius 3 is 2.59 bits per heavy atom. The summed E-state index contributed by atoms with van der Waals surface area (Å²) < 4.78 is 10.1. The number of aryl methyl sites for hydroxylation is 1. The number of benzene rings is 1. The Labute approximate surface area is 168 Å². The van der Waals surface area contributed by atoms with E-state index < -0.39 is 6.09 Å². The van der Waals surface area contributed by atoms with Gasteiger partial charge in [0, 0.05) is 18.8 Å². The molecular weight excluding hydrogens is 372 g/mol. The number of anilines is 3. The zero-order chi connectivity index (χ0) is 21.0.